The molecule has 4 nitrogen and oxygen atoms in total. The van der Waals surface area contributed by atoms with Gasteiger partial charge < -0.3 is 15.0 Å². The summed E-state index contributed by atoms with van der Waals surface area (Å²) in [7, 11) is 0. The lowest BCUT2D eigenvalue weighted by atomic mass is 10.3. The fourth-order valence-corrected chi connectivity index (χ4v) is 1.38. The number of amides is 1. The van der Waals surface area contributed by atoms with Crippen LogP contribution in [0.5, 0.6) is 0 Å². The van der Waals surface area contributed by atoms with Crippen molar-refractivity contribution in [1.29, 1.82) is 0 Å². The Balaban J connectivity index is 2.07. The van der Waals surface area contributed by atoms with Crippen LogP contribution in [0.3, 0.4) is 0 Å². The van der Waals surface area contributed by atoms with Crippen molar-refractivity contribution in [1.82, 2.24) is 10.2 Å². The van der Waals surface area contributed by atoms with Gasteiger partial charge in [0, 0.05) is 26.1 Å². The molecule has 6 heteroatoms. The first-order chi connectivity index (χ1) is 7.20. The molecule has 1 aliphatic rings. The van der Waals surface area contributed by atoms with Crippen molar-refractivity contribution in [3.63, 3.8) is 0 Å². The van der Waals surface area contributed by atoms with E-state index in [0.717, 1.165) is 0 Å². The maximum absolute atomic E-state index is 11.7. The van der Waals surface area contributed by atoms with Crippen molar-refractivity contribution in [2.24, 2.45) is 0 Å². The summed E-state index contributed by atoms with van der Waals surface area (Å²) in [4.78, 5) is 13.2. The first-order valence-electron chi connectivity index (χ1n) is 5.04. The number of carbonyl (C=O) groups excluding carboxylic acids is 1. The van der Waals surface area contributed by atoms with Crippen LogP contribution in [-0.4, -0.2) is 56.6 Å². The van der Waals surface area contributed by atoms with Crippen LogP contribution in [0.25, 0.3) is 0 Å². The highest BCUT2D eigenvalue weighted by atomic mass is 19.3. The molecule has 1 heterocycles. The molecule has 1 N–H and O–H groups in total. The SMILES string of the molecule is O=C(CCNCC(F)F)N1CCOCC1. The molecule has 0 spiro atoms. The number of carbonyl (C=O) groups is 1. The van der Waals surface area contributed by atoms with Crippen LogP contribution < -0.4 is 5.32 Å². The van der Waals surface area contributed by atoms with Gasteiger partial charge in [0.1, 0.15) is 0 Å². The van der Waals surface area contributed by atoms with E-state index in [9.17, 15) is 13.6 Å². The van der Waals surface area contributed by atoms with Crippen molar-refractivity contribution < 1.29 is 18.3 Å². The molecule has 0 aromatic heterocycles. The number of hydrogen-bond donors (Lipinski definition) is 1. The van der Waals surface area contributed by atoms with Gasteiger partial charge in [-0.25, -0.2) is 8.78 Å². The topological polar surface area (TPSA) is 41.6 Å². The number of nitrogens with zero attached hydrogens (tertiary/aromatic N) is 1. The van der Waals surface area contributed by atoms with Gasteiger partial charge in [0.05, 0.1) is 19.8 Å². The summed E-state index contributed by atoms with van der Waals surface area (Å²) in [5.74, 6) is 0.0000614. The molecule has 0 bridgehead atoms. The molecule has 0 radical (unpaired) electrons. The Morgan fingerprint density at radius 2 is 2.07 bits per heavy atom. The summed E-state index contributed by atoms with van der Waals surface area (Å²) in [5, 5.41) is 2.53. The van der Waals surface area contributed by atoms with Crippen LogP contribution in [0, 0.1) is 0 Å². The van der Waals surface area contributed by atoms with E-state index in [0.29, 0.717) is 32.8 Å². The van der Waals surface area contributed by atoms with Crippen LogP contribution in [0.4, 0.5) is 8.78 Å². The first-order valence-corrected chi connectivity index (χ1v) is 5.04. The maximum Gasteiger partial charge on any atom is 0.250 e. The fourth-order valence-electron chi connectivity index (χ4n) is 1.38. The second-order valence-corrected chi connectivity index (χ2v) is 3.34. The molecule has 1 saturated heterocycles. The second kappa shape index (κ2) is 6.68. The highest BCUT2D eigenvalue weighted by molar-refractivity contribution is 5.76. The van der Waals surface area contributed by atoms with Crippen molar-refractivity contribution in [2.45, 2.75) is 12.8 Å². The molecule has 0 unspecified atom stereocenters. The molecule has 0 atom stereocenters. The predicted molar refractivity (Wildman–Crippen MR) is 50.9 cm³/mol. The minimum Gasteiger partial charge on any atom is -0.378 e. The molecule has 15 heavy (non-hydrogen) atoms. The van der Waals surface area contributed by atoms with Crippen LogP contribution >= 0.6 is 0 Å². The number of rotatable bonds is 5. The van der Waals surface area contributed by atoms with E-state index in [2.05, 4.69) is 5.32 Å². The molecule has 0 aromatic carbocycles. The smallest absolute Gasteiger partial charge is 0.250 e. The molecule has 0 aromatic rings. The number of morpholine rings is 1. The molecule has 88 valence electrons. The van der Waals surface area contributed by atoms with Crippen LogP contribution in [0.2, 0.25) is 0 Å². The summed E-state index contributed by atoms with van der Waals surface area (Å²) in [6.45, 7) is 2.30. The number of nitrogens with one attached hydrogen (secondary N) is 1. The molecule has 1 aliphatic heterocycles. The minimum atomic E-state index is -2.36. The van der Waals surface area contributed by atoms with E-state index in [-0.39, 0.29) is 18.9 Å². The predicted octanol–water partition coefficient (Wildman–Crippen LogP) is 0.0900. The highest BCUT2D eigenvalue weighted by Crippen LogP contribution is 1.99. The van der Waals surface area contributed by atoms with E-state index in [1.165, 1.54) is 0 Å². The Morgan fingerprint density at radius 1 is 1.40 bits per heavy atom. The minimum absolute atomic E-state index is 0.0000614. The molecule has 1 rings (SSSR count). The summed E-state index contributed by atoms with van der Waals surface area (Å²) in [6.07, 6.45) is -2.09. The van der Waals surface area contributed by atoms with Crippen molar-refractivity contribution in [2.75, 3.05) is 39.4 Å². The van der Waals surface area contributed by atoms with Crippen molar-refractivity contribution >= 4 is 5.91 Å². The summed E-state index contributed by atoms with van der Waals surface area (Å²) in [5.41, 5.74) is 0. The van der Waals surface area contributed by atoms with Crippen molar-refractivity contribution in [3.05, 3.63) is 0 Å². The average molecular weight is 222 g/mol. The molecule has 1 amide bonds. The Labute approximate surface area is 87.6 Å². The van der Waals surface area contributed by atoms with E-state index >= 15 is 0 Å². The lowest BCUT2D eigenvalue weighted by Crippen LogP contribution is -2.41. The lowest BCUT2D eigenvalue weighted by Gasteiger charge is -2.26. The standard InChI is InChI=1S/C9H16F2N2O2/c10-8(11)7-12-2-1-9(14)13-3-5-15-6-4-13/h8,12H,1-7H2. The van der Waals surface area contributed by atoms with Gasteiger partial charge in [0.15, 0.2) is 0 Å². The third-order valence-electron chi connectivity index (χ3n) is 2.18. The van der Waals surface area contributed by atoms with Crippen LogP contribution in [0.15, 0.2) is 0 Å². The quantitative estimate of drug-likeness (QED) is 0.670. The highest BCUT2D eigenvalue weighted by Gasteiger charge is 2.15. The third-order valence-corrected chi connectivity index (χ3v) is 2.18. The van der Waals surface area contributed by atoms with Gasteiger partial charge in [-0.15, -0.1) is 0 Å². The fraction of sp³-hybridized carbons (Fsp3) is 0.889. The lowest BCUT2D eigenvalue weighted by molar-refractivity contribution is -0.135. The zero-order valence-electron chi connectivity index (χ0n) is 8.55. The maximum atomic E-state index is 11.7. The van der Waals surface area contributed by atoms with Gasteiger partial charge in [-0.3, -0.25) is 4.79 Å². The Hall–Kier alpha value is -0.750. The zero-order valence-corrected chi connectivity index (χ0v) is 8.55. The average Bonchev–Trinajstić information content (AvgIpc) is 2.25. The number of halogens is 2. The van der Waals surface area contributed by atoms with E-state index in [1.807, 2.05) is 0 Å². The third kappa shape index (κ3) is 5.03. The van der Waals surface area contributed by atoms with E-state index in [1.54, 1.807) is 4.90 Å². The Morgan fingerprint density at radius 3 is 2.67 bits per heavy atom. The normalized spacial score (nSPS) is 17.1. The van der Waals surface area contributed by atoms with E-state index < -0.39 is 6.43 Å². The Bertz CT molecular complexity index is 197. The van der Waals surface area contributed by atoms with Gasteiger partial charge in [-0.2, -0.15) is 0 Å². The summed E-state index contributed by atoms with van der Waals surface area (Å²) < 4.78 is 28.6. The molecule has 1 fully saturated rings. The van der Waals surface area contributed by atoms with Crippen LogP contribution in [-0.2, 0) is 9.53 Å². The molecule has 0 aliphatic carbocycles. The molecular weight excluding hydrogens is 206 g/mol. The Kier molecular flexibility index (Phi) is 5.49. The zero-order chi connectivity index (χ0) is 11.1. The molecule has 0 saturated carbocycles. The number of ether oxygens (including phenoxy) is 1. The first kappa shape index (κ1) is 12.3. The summed E-state index contributed by atoms with van der Waals surface area (Å²) >= 11 is 0. The largest absolute Gasteiger partial charge is 0.378 e. The van der Waals surface area contributed by atoms with Gasteiger partial charge >= 0.3 is 0 Å². The van der Waals surface area contributed by atoms with E-state index in [4.69, 9.17) is 4.74 Å². The second-order valence-electron chi connectivity index (χ2n) is 3.34. The van der Waals surface area contributed by atoms with Gasteiger partial charge in [-0.1, -0.05) is 0 Å². The molecular formula is C9H16F2N2O2. The van der Waals surface area contributed by atoms with Gasteiger partial charge in [0.2, 0.25) is 5.91 Å². The number of hydrogen-bond acceptors (Lipinski definition) is 3. The van der Waals surface area contributed by atoms with Gasteiger partial charge in [-0.05, 0) is 0 Å². The monoisotopic (exact) mass is 222 g/mol. The van der Waals surface area contributed by atoms with Crippen molar-refractivity contribution in [3.8, 4) is 0 Å². The van der Waals surface area contributed by atoms with Gasteiger partial charge in [0.25, 0.3) is 6.43 Å². The van der Waals surface area contributed by atoms with Crippen LogP contribution in [0.1, 0.15) is 6.42 Å². The summed E-state index contributed by atoms with van der Waals surface area (Å²) in [6, 6.07) is 0. The number of alkyl halides is 2.